The van der Waals surface area contributed by atoms with Crippen molar-refractivity contribution in [1.82, 2.24) is 14.1 Å². The lowest BCUT2D eigenvalue weighted by molar-refractivity contribution is -0.139. The third-order valence-electron chi connectivity index (χ3n) is 5.41. The first kappa shape index (κ1) is 20.5. The van der Waals surface area contributed by atoms with E-state index in [1.807, 2.05) is 13.8 Å². The summed E-state index contributed by atoms with van der Waals surface area (Å²) in [5.74, 6) is -0.639. The fourth-order valence-corrected chi connectivity index (χ4v) is 4.95. The summed E-state index contributed by atoms with van der Waals surface area (Å²) in [5.41, 5.74) is 1.95. The van der Waals surface area contributed by atoms with Crippen LogP contribution in [0.25, 0.3) is 0 Å². The number of piperazine rings is 1. The Morgan fingerprint density at radius 1 is 0.964 bits per heavy atom. The highest BCUT2D eigenvalue weighted by atomic mass is 32.2. The molecule has 0 unspecified atom stereocenters. The largest absolute Gasteiger partial charge is 0.340 e. The van der Waals surface area contributed by atoms with Gasteiger partial charge in [0, 0.05) is 52.0 Å². The van der Waals surface area contributed by atoms with Crippen LogP contribution < -0.4 is 0 Å². The van der Waals surface area contributed by atoms with Crippen LogP contribution in [-0.4, -0.2) is 73.0 Å². The Bertz CT molecular complexity index is 888. The molecule has 1 aromatic rings. The highest BCUT2D eigenvalue weighted by Gasteiger charge is 2.32. The molecule has 0 atom stereocenters. The number of amides is 3. The van der Waals surface area contributed by atoms with E-state index in [1.54, 1.807) is 23.1 Å². The molecule has 2 fully saturated rings. The lowest BCUT2D eigenvalue weighted by atomic mass is 10.1. The Morgan fingerprint density at radius 2 is 1.57 bits per heavy atom. The van der Waals surface area contributed by atoms with Crippen LogP contribution >= 0.6 is 0 Å². The predicted octanol–water partition coefficient (Wildman–Crippen LogP) is 0.675. The third-order valence-corrected chi connectivity index (χ3v) is 7.31. The van der Waals surface area contributed by atoms with Gasteiger partial charge in [-0.1, -0.05) is 6.07 Å². The molecule has 0 aromatic heterocycles. The topological polar surface area (TPSA) is 95.1 Å². The van der Waals surface area contributed by atoms with E-state index < -0.39 is 10.0 Å². The van der Waals surface area contributed by atoms with E-state index in [2.05, 4.69) is 0 Å². The smallest absolute Gasteiger partial charge is 0.243 e. The molecule has 0 bridgehead atoms. The van der Waals surface area contributed by atoms with Crippen LogP contribution in [0.1, 0.15) is 30.4 Å². The summed E-state index contributed by atoms with van der Waals surface area (Å²) in [4.78, 5) is 38.6. The molecule has 9 heteroatoms. The lowest BCUT2D eigenvalue weighted by Gasteiger charge is -2.34. The molecular formula is C19H25N3O5S. The van der Waals surface area contributed by atoms with Crippen LogP contribution in [-0.2, 0) is 24.4 Å². The van der Waals surface area contributed by atoms with Crippen molar-refractivity contribution in [2.24, 2.45) is 0 Å². The Kier molecular flexibility index (Phi) is 5.85. The second-order valence-electron chi connectivity index (χ2n) is 7.22. The summed E-state index contributed by atoms with van der Waals surface area (Å²) in [5, 5.41) is 0. The molecule has 28 heavy (non-hydrogen) atoms. The van der Waals surface area contributed by atoms with E-state index in [9.17, 15) is 22.8 Å². The minimum absolute atomic E-state index is 0.0708. The highest BCUT2D eigenvalue weighted by Crippen LogP contribution is 2.21. The highest BCUT2D eigenvalue weighted by molar-refractivity contribution is 7.89. The Balaban J connectivity index is 1.56. The molecule has 152 valence electrons. The summed E-state index contributed by atoms with van der Waals surface area (Å²) in [6, 6.07) is 5.08. The van der Waals surface area contributed by atoms with E-state index in [0.717, 1.165) is 16.0 Å². The van der Waals surface area contributed by atoms with Gasteiger partial charge in [0.25, 0.3) is 0 Å². The molecule has 2 saturated heterocycles. The molecular weight excluding hydrogens is 382 g/mol. The SMILES string of the molecule is Cc1ccc(S(=O)(=O)N2CCN(C(=O)CCN3C(=O)CCC3=O)CC2)cc1C. The van der Waals surface area contributed by atoms with Gasteiger partial charge in [0.1, 0.15) is 0 Å². The number of carbonyl (C=O) groups is 3. The summed E-state index contributed by atoms with van der Waals surface area (Å²) >= 11 is 0. The number of nitrogens with zero attached hydrogens (tertiary/aromatic N) is 3. The van der Waals surface area contributed by atoms with Crippen molar-refractivity contribution >= 4 is 27.7 Å². The van der Waals surface area contributed by atoms with E-state index in [1.165, 1.54) is 4.31 Å². The minimum atomic E-state index is -3.59. The van der Waals surface area contributed by atoms with Gasteiger partial charge < -0.3 is 4.90 Å². The van der Waals surface area contributed by atoms with Crippen LogP contribution in [0.2, 0.25) is 0 Å². The maximum Gasteiger partial charge on any atom is 0.243 e. The van der Waals surface area contributed by atoms with Gasteiger partial charge in [-0.25, -0.2) is 8.42 Å². The number of hydrogen-bond donors (Lipinski definition) is 0. The second-order valence-corrected chi connectivity index (χ2v) is 9.16. The van der Waals surface area contributed by atoms with Gasteiger partial charge in [-0.3, -0.25) is 19.3 Å². The molecule has 2 aliphatic heterocycles. The summed E-state index contributed by atoms with van der Waals surface area (Å²) < 4.78 is 27.1. The van der Waals surface area contributed by atoms with Gasteiger partial charge in [0.05, 0.1) is 4.90 Å². The van der Waals surface area contributed by atoms with Crippen LogP contribution in [0.4, 0.5) is 0 Å². The van der Waals surface area contributed by atoms with E-state index in [4.69, 9.17) is 0 Å². The number of aryl methyl sites for hydroxylation is 2. The molecule has 0 saturated carbocycles. The average Bonchev–Trinajstić information content (AvgIpc) is 2.99. The van der Waals surface area contributed by atoms with Crippen molar-refractivity contribution in [2.45, 2.75) is 38.0 Å². The van der Waals surface area contributed by atoms with Gasteiger partial charge in [-0.15, -0.1) is 0 Å². The number of rotatable bonds is 5. The number of carbonyl (C=O) groups excluding carboxylic acids is 3. The molecule has 2 aliphatic rings. The first-order valence-corrected chi connectivity index (χ1v) is 10.8. The van der Waals surface area contributed by atoms with E-state index in [0.29, 0.717) is 13.1 Å². The Labute approximate surface area is 165 Å². The molecule has 0 aliphatic carbocycles. The Hall–Kier alpha value is -2.26. The molecule has 0 N–H and O–H groups in total. The molecule has 8 nitrogen and oxygen atoms in total. The minimum Gasteiger partial charge on any atom is -0.340 e. The number of imide groups is 1. The molecule has 3 amide bonds. The zero-order valence-corrected chi connectivity index (χ0v) is 17.0. The van der Waals surface area contributed by atoms with Crippen LogP contribution in [0.15, 0.2) is 23.1 Å². The summed E-state index contributed by atoms with van der Waals surface area (Å²) in [7, 11) is -3.59. The summed E-state index contributed by atoms with van der Waals surface area (Å²) in [6.45, 7) is 4.94. The maximum atomic E-state index is 12.8. The Morgan fingerprint density at radius 3 is 2.14 bits per heavy atom. The first-order valence-electron chi connectivity index (χ1n) is 9.38. The third kappa shape index (κ3) is 4.10. The van der Waals surface area contributed by atoms with Crippen molar-refractivity contribution in [2.75, 3.05) is 32.7 Å². The number of likely N-dealkylation sites (tertiary alicyclic amines) is 1. The molecule has 2 heterocycles. The van der Waals surface area contributed by atoms with Gasteiger partial charge in [-0.05, 0) is 37.1 Å². The van der Waals surface area contributed by atoms with Gasteiger partial charge in [0.15, 0.2) is 0 Å². The van der Waals surface area contributed by atoms with E-state index >= 15 is 0 Å². The van der Waals surface area contributed by atoms with Crippen LogP contribution in [0, 0.1) is 13.8 Å². The van der Waals surface area contributed by atoms with Crippen molar-refractivity contribution in [3.8, 4) is 0 Å². The second kappa shape index (κ2) is 8.00. The molecule has 3 rings (SSSR count). The first-order chi connectivity index (χ1) is 13.2. The lowest BCUT2D eigenvalue weighted by Crippen LogP contribution is -2.51. The predicted molar refractivity (Wildman–Crippen MR) is 102 cm³/mol. The standard InChI is InChI=1S/C19H25N3O5S/c1-14-3-4-16(13-15(14)2)28(26,27)21-11-9-20(10-12-21)17(23)7-8-22-18(24)5-6-19(22)25/h3-4,13H,5-12H2,1-2H3. The number of sulfonamides is 1. The zero-order valence-electron chi connectivity index (χ0n) is 16.2. The van der Waals surface area contributed by atoms with E-state index in [-0.39, 0.29) is 61.5 Å². The summed E-state index contributed by atoms with van der Waals surface area (Å²) in [6.07, 6.45) is 0.492. The normalized spacial score (nSPS) is 18.8. The molecule has 1 aromatic carbocycles. The van der Waals surface area contributed by atoms with Gasteiger partial charge in [-0.2, -0.15) is 4.31 Å². The quantitative estimate of drug-likeness (QED) is 0.669. The molecule has 0 radical (unpaired) electrons. The fourth-order valence-electron chi connectivity index (χ4n) is 3.44. The number of benzene rings is 1. The molecule has 0 spiro atoms. The van der Waals surface area contributed by atoms with Crippen molar-refractivity contribution in [3.63, 3.8) is 0 Å². The van der Waals surface area contributed by atoms with Crippen molar-refractivity contribution in [3.05, 3.63) is 29.3 Å². The maximum absolute atomic E-state index is 12.8. The number of hydrogen-bond acceptors (Lipinski definition) is 5. The van der Waals surface area contributed by atoms with Crippen molar-refractivity contribution < 1.29 is 22.8 Å². The van der Waals surface area contributed by atoms with Gasteiger partial charge >= 0.3 is 0 Å². The monoisotopic (exact) mass is 407 g/mol. The van der Waals surface area contributed by atoms with Crippen molar-refractivity contribution in [1.29, 1.82) is 0 Å². The van der Waals surface area contributed by atoms with Crippen LogP contribution in [0.5, 0.6) is 0 Å². The fraction of sp³-hybridized carbons (Fsp3) is 0.526. The zero-order chi connectivity index (χ0) is 20.5. The van der Waals surface area contributed by atoms with Crippen LogP contribution in [0.3, 0.4) is 0 Å². The average molecular weight is 407 g/mol. The van der Waals surface area contributed by atoms with Gasteiger partial charge in [0.2, 0.25) is 27.7 Å².